The number of ether oxygens (including phenoxy) is 3. The van der Waals surface area contributed by atoms with Gasteiger partial charge in [-0.2, -0.15) is 0 Å². The molecule has 60 heavy (non-hydrogen) atoms. The van der Waals surface area contributed by atoms with Crippen molar-refractivity contribution in [1.29, 1.82) is 0 Å². The highest BCUT2D eigenvalue weighted by atomic mass is 28.4. The zero-order chi connectivity index (χ0) is 42.8. The topological polar surface area (TPSA) is 110 Å². The van der Waals surface area contributed by atoms with E-state index in [-0.39, 0.29) is 23.5 Å². The van der Waals surface area contributed by atoms with E-state index >= 15 is 0 Å². The minimum Gasteiger partial charge on any atom is -0.497 e. The van der Waals surface area contributed by atoms with Crippen LogP contribution in [-0.4, -0.2) is 77.3 Å². The van der Waals surface area contributed by atoms with Crippen LogP contribution in [0.25, 0.3) is 0 Å². The standard InChI is InChI=1S/C49H61NO9Si/c1-7-56-60(57-8-2,58-9-3)45-30-34-50(45)47(53)55-35-13-31-48(5,39-18-14-37(15-19-39)36(4)51)40-22-28-44(29-23-40)59-46(52)38-16-20-41(21-17-38)49(32-11-10-12-33-49)42-24-26-43(54-6)27-25-42/h14-29,45H,7-13,30-35H2,1-6H3. The largest absolute Gasteiger partial charge is 0.524 e. The van der Waals surface area contributed by atoms with Crippen molar-refractivity contribution in [2.45, 2.75) is 102 Å². The van der Waals surface area contributed by atoms with Gasteiger partial charge in [0.05, 0.1) is 19.3 Å². The van der Waals surface area contributed by atoms with Gasteiger partial charge in [0.1, 0.15) is 17.2 Å². The van der Waals surface area contributed by atoms with Crippen molar-refractivity contribution in [3.8, 4) is 11.5 Å². The number of hydrogen-bond acceptors (Lipinski definition) is 9. The predicted molar refractivity (Wildman–Crippen MR) is 234 cm³/mol. The number of Topliss-reactive ketones (excluding diaryl/α,β-unsaturated/α-hetero) is 1. The van der Waals surface area contributed by atoms with Gasteiger partial charge in [0, 0.05) is 42.8 Å². The molecule has 0 N–H and O–H groups in total. The number of carbonyl (C=O) groups excluding carboxylic acids is 3. The summed E-state index contributed by atoms with van der Waals surface area (Å²) < 4.78 is 35.4. The Labute approximate surface area is 356 Å². The van der Waals surface area contributed by atoms with Crippen molar-refractivity contribution in [2.75, 3.05) is 40.1 Å². The van der Waals surface area contributed by atoms with Crippen LogP contribution >= 0.6 is 0 Å². The van der Waals surface area contributed by atoms with E-state index < -0.39 is 26.3 Å². The monoisotopic (exact) mass is 835 g/mol. The van der Waals surface area contributed by atoms with Crippen LogP contribution in [0.15, 0.2) is 97.1 Å². The number of benzene rings is 4. The van der Waals surface area contributed by atoms with Crippen molar-refractivity contribution >= 4 is 26.7 Å². The molecule has 4 aromatic carbocycles. The molecule has 0 aromatic heterocycles. The molecular weight excluding hydrogens is 775 g/mol. The maximum atomic E-state index is 13.5. The molecule has 320 valence electrons. The van der Waals surface area contributed by atoms with Crippen LogP contribution in [0, 0.1) is 0 Å². The van der Waals surface area contributed by atoms with Gasteiger partial charge in [0.25, 0.3) is 0 Å². The van der Waals surface area contributed by atoms with Crippen LogP contribution in [0.5, 0.6) is 11.5 Å². The summed E-state index contributed by atoms with van der Waals surface area (Å²) in [5, 5.41) is 0. The van der Waals surface area contributed by atoms with Gasteiger partial charge in [0.2, 0.25) is 0 Å². The third-order valence-corrected chi connectivity index (χ3v) is 15.9. The Morgan fingerprint density at radius 3 is 1.73 bits per heavy atom. The number of carbonyl (C=O) groups is 3. The van der Waals surface area contributed by atoms with Crippen molar-refractivity contribution in [3.63, 3.8) is 0 Å². The van der Waals surface area contributed by atoms with Gasteiger partial charge in [-0.3, -0.25) is 4.79 Å². The number of methoxy groups -OCH3 is 1. The minimum atomic E-state index is -3.11. The van der Waals surface area contributed by atoms with E-state index in [1.807, 2.05) is 93.6 Å². The molecule has 1 aliphatic carbocycles. The molecule has 10 nitrogen and oxygen atoms in total. The van der Waals surface area contributed by atoms with Crippen LogP contribution in [0.4, 0.5) is 4.79 Å². The number of esters is 1. The van der Waals surface area contributed by atoms with Gasteiger partial charge < -0.3 is 32.4 Å². The molecule has 0 spiro atoms. The molecular formula is C49H61NO9Si. The lowest BCUT2D eigenvalue weighted by atomic mass is 9.65. The van der Waals surface area contributed by atoms with Crippen molar-refractivity contribution in [3.05, 3.63) is 130 Å². The molecule has 0 bridgehead atoms. The lowest BCUT2D eigenvalue weighted by Gasteiger charge is -2.47. The number of rotatable bonds is 19. The van der Waals surface area contributed by atoms with Gasteiger partial charge >= 0.3 is 20.9 Å². The van der Waals surface area contributed by atoms with E-state index in [2.05, 4.69) is 31.2 Å². The molecule has 1 saturated heterocycles. The normalized spacial score (nSPS) is 17.2. The molecule has 1 heterocycles. The molecule has 2 fully saturated rings. The van der Waals surface area contributed by atoms with Gasteiger partial charge in [-0.1, -0.05) is 86.8 Å². The molecule has 11 heteroatoms. The number of hydrogen-bond donors (Lipinski definition) is 0. The Kier molecular flexibility index (Phi) is 15.0. The van der Waals surface area contributed by atoms with E-state index in [1.54, 1.807) is 18.9 Å². The van der Waals surface area contributed by atoms with Crippen LogP contribution in [-0.2, 0) is 28.8 Å². The van der Waals surface area contributed by atoms with Gasteiger partial charge in [-0.25, -0.2) is 9.59 Å². The summed E-state index contributed by atoms with van der Waals surface area (Å²) in [6.07, 6.45) is 7.20. The zero-order valence-corrected chi connectivity index (χ0v) is 37.1. The average Bonchev–Trinajstić information content (AvgIpc) is 3.25. The van der Waals surface area contributed by atoms with Gasteiger partial charge in [0.15, 0.2) is 5.78 Å². The van der Waals surface area contributed by atoms with Crippen molar-refractivity contribution in [2.24, 2.45) is 0 Å². The van der Waals surface area contributed by atoms with E-state index in [9.17, 15) is 14.4 Å². The highest BCUT2D eigenvalue weighted by Gasteiger charge is 2.57. The van der Waals surface area contributed by atoms with Crippen LogP contribution in [0.3, 0.4) is 0 Å². The summed E-state index contributed by atoms with van der Waals surface area (Å²) >= 11 is 0. The maximum Gasteiger partial charge on any atom is 0.524 e. The number of ketones is 1. The van der Waals surface area contributed by atoms with E-state index in [1.165, 1.54) is 17.5 Å². The molecule has 1 aliphatic heterocycles. The second-order valence-corrected chi connectivity index (χ2v) is 18.7. The quantitative estimate of drug-likeness (QED) is 0.0300. The van der Waals surface area contributed by atoms with E-state index in [0.717, 1.165) is 49.0 Å². The smallest absolute Gasteiger partial charge is 0.497 e. The highest BCUT2D eigenvalue weighted by Crippen LogP contribution is 2.45. The Morgan fingerprint density at radius 2 is 1.23 bits per heavy atom. The lowest BCUT2D eigenvalue weighted by Crippen LogP contribution is -2.69. The molecule has 2 unspecified atom stereocenters. The van der Waals surface area contributed by atoms with Crippen LogP contribution < -0.4 is 9.47 Å². The molecule has 1 amide bonds. The first kappa shape index (κ1) is 44.7. The van der Waals surface area contributed by atoms with Gasteiger partial charge in [-0.05, 0) is 118 Å². The number of amides is 1. The second kappa shape index (κ2) is 20.2. The average molecular weight is 836 g/mol. The Balaban J connectivity index is 1.13. The Bertz CT molecular complexity index is 2010. The Morgan fingerprint density at radius 1 is 0.717 bits per heavy atom. The van der Waals surface area contributed by atoms with Crippen molar-refractivity contribution < 1.29 is 41.9 Å². The summed E-state index contributed by atoms with van der Waals surface area (Å²) in [6.45, 7) is 11.5. The summed E-state index contributed by atoms with van der Waals surface area (Å²) in [5.74, 6) is 0.851. The predicted octanol–water partition coefficient (Wildman–Crippen LogP) is 10.3. The van der Waals surface area contributed by atoms with E-state index in [4.69, 9.17) is 27.5 Å². The molecule has 2 aliphatic rings. The highest BCUT2D eigenvalue weighted by molar-refractivity contribution is 6.63. The third kappa shape index (κ3) is 9.70. The molecule has 4 aromatic rings. The molecule has 2 atom stereocenters. The fourth-order valence-corrected chi connectivity index (χ4v) is 12.1. The first-order chi connectivity index (χ1) is 29.0. The molecule has 6 rings (SSSR count). The minimum absolute atomic E-state index is 0.00362. The number of likely N-dealkylation sites (tertiary alicyclic amines) is 1. The third-order valence-electron chi connectivity index (χ3n) is 12.4. The lowest BCUT2D eigenvalue weighted by molar-refractivity contribution is 0.000727. The van der Waals surface area contributed by atoms with Crippen LogP contribution in [0.1, 0.15) is 129 Å². The van der Waals surface area contributed by atoms with Crippen molar-refractivity contribution in [1.82, 2.24) is 4.90 Å². The zero-order valence-electron chi connectivity index (χ0n) is 36.1. The maximum absolute atomic E-state index is 13.5. The summed E-state index contributed by atoms with van der Waals surface area (Å²) in [6, 6.07) is 31.5. The molecule has 1 saturated carbocycles. The first-order valence-electron chi connectivity index (χ1n) is 21.6. The summed E-state index contributed by atoms with van der Waals surface area (Å²) in [5.41, 5.74) is 4.71. The van der Waals surface area contributed by atoms with Gasteiger partial charge in [-0.15, -0.1) is 0 Å². The van der Waals surface area contributed by atoms with E-state index in [0.29, 0.717) is 56.1 Å². The fraction of sp³-hybridized carbons (Fsp3) is 0.449. The SMILES string of the molecule is CCO[Si](OCC)(OCC)C1CCN1C(=O)OCCCC(C)(c1ccc(OC(=O)c2ccc(C3(c4ccc(OC)cc4)CCCCC3)cc2)cc1)c1ccc(C(C)=O)cc1. The second-order valence-electron chi connectivity index (χ2n) is 15.9. The summed E-state index contributed by atoms with van der Waals surface area (Å²) in [7, 11) is -1.43. The first-order valence-corrected chi connectivity index (χ1v) is 23.4. The molecule has 0 radical (unpaired) electrons. The van der Waals surface area contributed by atoms with Crippen LogP contribution in [0.2, 0.25) is 0 Å². The number of nitrogens with zero attached hydrogens (tertiary/aromatic N) is 1. The Hall–Kier alpha value is -4.81. The fourth-order valence-electron chi connectivity index (χ4n) is 8.98. The summed E-state index contributed by atoms with van der Waals surface area (Å²) in [4.78, 5) is 40.6.